The van der Waals surface area contributed by atoms with E-state index in [0.29, 0.717) is 22.6 Å². The summed E-state index contributed by atoms with van der Waals surface area (Å²) in [5, 5.41) is 19.0. The van der Waals surface area contributed by atoms with E-state index < -0.39 is 11.8 Å². The Morgan fingerprint density at radius 2 is 2.00 bits per heavy atom. The van der Waals surface area contributed by atoms with Crippen molar-refractivity contribution in [3.63, 3.8) is 0 Å². The highest BCUT2D eigenvalue weighted by Crippen LogP contribution is 2.24. The van der Waals surface area contributed by atoms with Gasteiger partial charge in [0.05, 0.1) is 18.2 Å². The topological polar surface area (TPSA) is 101 Å². The number of nitriles is 1. The maximum Gasteiger partial charge on any atom is 0.361 e. The van der Waals surface area contributed by atoms with E-state index in [9.17, 15) is 9.18 Å². The molecule has 27 heavy (non-hydrogen) atoms. The van der Waals surface area contributed by atoms with E-state index in [0.717, 1.165) is 0 Å². The SMILES string of the molecule is CCOC(=O)c1n[nH]nc1-c1ccc(OCc2ccc(C#N)cc2F)cc1. The Morgan fingerprint density at radius 1 is 1.22 bits per heavy atom. The number of halogens is 1. The summed E-state index contributed by atoms with van der Waals surface area (Å²) in [6, 6.07) is 12.9. The Bertz CT molecular complexity index is 993. The molecule has 0 aliphatic heterocycles. The largest absolute Gasteiger partial charge is 0.489 e. The summed E-state index contributed by atoms with van der Waals surface area (Å²) in [6.45, 7) is 1.97. The highest BCUT2D eigenvalue weighted by molar-refractivity contribution is 5.93. The summed E-state index contributed by atoms with van der Waals surface area (Å²) in [4.78, 5) is 11.9. The molecule has 0 radical (unpaired) electrons. The van der Waals surface area contributed by atoms with Gasteiger partial charge in [-0.25, -0.2) is 9.18 Å². The first kappa shape index (κ1) is 18.1. The molecule has 3 aromatic rings. The van der Waals surface area contributed by atoms with Crippen molar-refractivity contribution in [1.82, 2.24) is 15.4 Å². The molecule has 0 atom stereocenters. The van der Waals surface area contributed by atoms with Gasteiger partial charge in [0, 0.05) is 11.1 Å². The van der Waals surface area contributed by atoms with Crippen molar-refractivity contribution >= 4 is 5.97 Å². The van der Waals surface area contributed by atoms with Crippen molar-refractivity contribution in [2.24, 2.45) is 0 Å². The molecular formula is C19H15FN4O3. The number of nitrogens with one attached hydrogen (secondary N) is 1. The van der Waals surface area contributed by atoms with Gasteiger partial charge in [0.2, 0.25) is 0 Å². The number of benzene rings is 2. The number of carbonyl (C=O) groups excluding carboxylic acids is 1. The Hall–Kier alpha value is -3.73. The number of aromatic nitrogens is 3. The highest BCUT2D eigenvalue weighted by atomic mass is 19.1. The molecule has 1 N–H and O–H groups in total. The van der Waals surface area contributed by atoms with Gasteiger partial charge >= 0.3 is 5.97 Å². The van der Waals surface area contributed by atoms with Gasteiger partial charge in [-0.1, -0.05) is 6.07 Å². The van der Waals surface area contributed by atoms with E-state index in [2.05, 4.69) is 15.4 Å². The number of H-pyrrole nitrogens is 1. The van der Waals surface area contributed by atoms with Crippen LogP contribution in [0.4, 0.5) is 4.39 Å². The second kappa shape index (κ2) is 8.10. The van der Waals surface area contributed by atoms with Gasteiger partial charge in [0.1, 0.15) is 23.9 Å². The zero-order valence-corrected chi connectivity index (χ0v) is 14.4. The smallest absolute Gasteiger partial charge is 0.361 e. The zero-order valence-electron chi connectivity index (χ0n) is 14.4. The molecule has 1 aromatic heterocycles. The summed E-state index contributed by atoms with van der Waals surface area (Å²) in [6.07, 6.45) is 0. The second-order valence-electron chi connectivity index (χ2n) is 5.47. The van der Waals surface area contributed by atoms with Crippen LogP contribution in [-0.2, 0) is 11.3 Å². The molecule has 2 aromatic carbocycles. The average molecular weight is 366 g/mol. The molecule has 0 saturated carbocycles. The van der Waals surface area contributed by atoms with E-state index >= 15 is 0 Å². The van der Waals surface area contributed by atoms with Crippen LogP contribution in [-0.4, -0.2) is 28.0 Å². The second-order valence-corrected chi connectivity index (χ2v) is 5.47. The van der Waals surface area contributed by atoms with E-state index in [4.69, 9.17) is 14.7 Å². The summed E-state index contributed by atoms with van der Waals surface area (Å²) < 4.78 is 24.4. The van der Waals surface area contributed by atoms with Crippen LogP contribution in [0, 0.1) is 17.1 Å². The van der Waals surface area contributed by atoms with Crippen molar-refractivity contribution in [3.8, 4) is 23.1 Å². The standard InChI is InChI=1S/C19H15FN4O3/c1-2-26-19(25)18-17(22-24-23-18)13-5-7-15(8-6-13)27-11-14-4-3-12(10-21)9-16(14)20/h3-9H,2,11H2,1H3,(H,22,23,24). The fourth-order valence-corrected chi connectivity index (χ4v) is 2.38. The lowest BCUT2D eigenvalue weighted by Crippen LogP contribution is -2.06. The number of carbonyl (C=O) groups is 1. The van der Waals surface area contributed by atoms with E-state index in [-0.39, 0.29) is 24.5 Å². The molecule has 7 nitrogen and oxygen atoms in total. The Labute approximate surface area is 154 Å². The minimum Gasteiger partial charge on any atom is -0.489 e. The number of ether oxygens (including phenoxy) is 2. The molecular weight excluding hydrogens is 351 g/mol. The average Bonchev–Trinajstić information content (AvgIpc) is 3.17. The summed E-state index contributed by atoms with van der Waals surface area (Å²) in [5.74, 6) is -0.533. The molecule has 0 unspecified atom stereocenters. The number of aromatic amines is 1. The van der Waals surface area contributed by atoms with Crippen molar-refractivity contribution in [2.75, 3.05) is 6.61 Å². The van der Waals surface area contributed by atoms with Crippen LogP contribution in [0.15, 0.2) is 42.5 Å². The number of hydrogen-bond donors (Lipinski definition) is 1. The molecule has 0 spiro atoms. The Kier molecular flexibility index (Phi) is 5.42. The minimum absolute atomic E-state index is 0.0227. The van der Waals surface area contributed by atoms with Gasteiger partial charge in [0.25, 0.3) is 0 Å². The van der Waals surface area contributed by atoms with E-state index in [1.807, 2.05) is 6.07 Å². The number of nitrogens with zero attached hydrogens (tertiary/aromatic N) is 3. The van der Waals surface area contributed by atoms with Gasteiger partial charge in [-0.2, -0.15) is 15.6 Å². The third-order valence-corrected chi connectivity index (χ3v) is 3.72. The van der Waals surface area contributed by atoms with Gasteiger partial charge in [-0.15, -0.1) is 5.10 Å². The van der Waals surface area contributed by atoms with Crippen LogP contribution in [0.1, 0.15) is 28.5 Å². The fraction of sp³-hybridized carbons (Fsp3) is 0.158. The van der Waals surface area contributed by atoms with Crippen LogP contribution in [0.5, 0.6) is 5.75 Å². The minimum atomic E-state index is -0.558. The summed E-state index contributed by atoms with van der Waals surface area (Å²) in [7, 11) is 0. The van der Waals surface area contributed by atoms with Crippen LogP contribution < -0.4 is 4.74 Å². The zero-order chi connectivity index (χ0) is 19.2. The van der Waals surface area contributed by atoms with Gasteiger partial charge in [-0.3, -0.25) is 0 Å². The van der Waals surface area contributed by atoms with Crippen molar-refractivity contribution < 1.29 is 18.7 Å². The molecule has 0 fully saturated rings. The molecule has 0 amide bonds. The van der Waals surface area contributed by atoms with Gasteiger partial charge < -0.3 is 9.47 Å². The van der Waals surface area contributed by atoms with Crippen LogP contribution >= 0.6 is 0 Å². The number of rotatable bonds is 6. The van der Waals surface area contributed by atoms with Crippen LogP contribution in [0.2, 0.25) is 0 Å². The summed E-state index contributed by atoms with van der Waals surface area (Å²) >= 11 is 0. The van der Waals surface area contributed by atoms with Crippen molar-refractivity contribution in [1.29, 1.82) is 5.26 Å². The molecule has 3 rings (SSSR count). The number of esters is 1. The maximum atomic E-state index is 13.9. The first-order valence-electron chi connectivity index (χ1n) is 8.12. The quantitative estimate of drug-likeness (QED) is 0.672. The van der Waals surface area contributed by atoms with Crippen molar-refractivity contribution in [2.45, 2.75) is 13.5 Å². The van der Waals surface area contributed by atoms with Gasteiger partial charge in [0.15, 0.2) is 5.69 Å². The fourth-order valence-electron chi connectivity index (χ4n) is 2.38. The molecule has 8 heteroatoms. The third kappa shape index (κ3) is 4.10. The summed E-state index contributed by atoms with van der Waals surface area (Å²) in [5.41, 5.74) is 1.73. The van der Waals surface area contributed by atoms with Crippen LogP contribution in [0.3, 0.4) is 0 Å². The molecule has 136 valence electrons. The molecule has 1 heterocycles. The predicted molar refractivity (Wildman–Crippen MR) is 93.2 cm³/mol. The normalized spacial score (nSPS) is 10.3. The first-order chi connectivity index (χ1) is 13.1. The lowest BCUT2D eigenvalue weighted by atomic mass is 10.1. The first-order valence-corrected chi connectivity index (χ1v) is 8.12. The maximum absolute atomic E-state index is 13.9. The molecule has 0 saturated heterocycles. The molecule has 0 bridgehead atoms. The Balaban J connectivity index is 1.71. The van der Waals surface area contributed by atoms with Crippen LogP contribution in [0.25, 0.3) is 11.3 Å². The Morgan fingerprint density at radius 3 is 2.67 bits per heavy atom. The lowest BCUT2D eigenvalue weighted by Gasteiger charge is -2.08. The van der Waals surface area contributed by atoms with E-state index in [1.54, 1.807) is 31.2 Å². The molecule has 0 aliphatic carbocycles. The monoisotopic (exact) mass is 366 g/mol. The molecule has 0 aliphatic rings. The van der Waals surface area contributed by atoms with Crippen molar-refractivity contribution in [3.05, 3.63) is 65.1 Å². The number of hydrogen-bond acceptors (Lipinski definition) is 6. The third-order valence-electron chi connectivity index (χ3n) is 3.72. The van der Waals surface area contributed by atoms with Gasteiger partial charge in [-0.05, 0) is 43.3 Å². The lowest BCUT2D eigenvalue weighted by molar-refractivity contribution is 0.0520. The predicted octanol–water partition coefficient (Wildman–Crippen LogP) is 3.24. The van der Waals surface area contributed by atoms with E-state index in [1.165, 1.54) is 18.2 Å². The highest BCUT2D eigenvalue weighted by Gasteiger charge is 2.19.